The number of hydrogen-bond donors (Lipinski definition) is 1. The second-order valence-electron chi connectivity index (χ2n) is 3.16. The Labute approximate surface area is 70.8 Å². The molecule has 2 nitrogen and oxygen atoms in total. The van der Waals surface area contributed by atoms with Gasteiger partial charge in [0.2, 0.25) is 0 Å². The first kappa shape index (κ1) is 10.9. The van der Waals surface area contributed by atoms with Crippen LogP contribution in [0, 0.1) is 0 Å². The van der Waals surface area contributed by atoms with Gasteiger partial charge < -0.3 is 10.6 Å². The van der Waals surface area contributed by atoms with Gasteiger partial charge >= 0.3 is 0 Å². The van der Waals surface area contributed by atoms with Gasteiger partial charge in [0.25, 0.3) is 0 Å². The summed E-state index contributed by atoms with van der Waals surface area (Å²) in [5, 5.41) is 0. The highest BCUT2D eigenvalue weighted by atomic mass is 15.1. The van der Waals surface area contributed by atoms with Gasteiger partial charge in [0, 0.05) is 12.6 Å². The van der Waals surface area contributed by atoms with E-state index in [-0.39, 0.29) is 0 Å². The topological polar surface area (TPSA) is 29.3 Å². The molecule has 0 aromatic heterocycles. The molecule has 0 aromatic rings. The molecule has 1 unspecified atom stereocenters. The Morgan fingerprint density at radius 1 is 1.27 bits per heavy atom. The smallest absolute Gasteiger partial charge is 0.0215 e. The summed E-state index contributed by atoms with van der Waals surface area (Å²) >= 11 is 0. The average Bonchev–Trinajstić information content (AvgIpc) is 2.00. The molecule has 0 heterocycles. The Balaban J connectivity index is 3.61. The Bertz CT molecular complexity index is 83.6. The van der Waals surface area contributed by atoms with Crippen LogP contribution in [-0.4, -0.2) is 31.1 Å². The molecule has 2 heteroatoms. The van der Waals surface area contributed by atoms with E-state index >= 15 is 0 Å². The van der Waals surface area contributed by atoms with Gasteiger partial charge in [-0.3, -0.25) is 0 Å². The van der Waals surface area contributed by atoms with Gasteiger partial charge in [-0.2, -0.15) is 0 Å². The van der Waals surface area contributed by atoms with Crippen molar-refractivity contribution in [2.75, 3.05) is 20.1 Å². The van der Waals surface area contributed by atoms with Crippen LogP contribution >= 0.6 is 0 Å². The van der Waals surface area contributed by atoms with Gasteiger partial charge in [-0.25, -0.2) is 0 Å². The zero-order valence-electron chi connectivity index (χ0n) is 8.14. The molecule has 0 saturated heterocycles. The summed E-state index contributed by atoms with van der Waals surface area (Å²) in [6.07, 6.45) is 3.68. The van der Waals surface area contributed by atoms with Crippen molar-refractivity contribution < 1.29 is 0 Å². The minimum atomic E-state index is 0.597. The van der Waals surface area contributed by atoms with Gasteiger partial charge in [0.15, 0.2) is 0 Å². The maximum atomic E-state index is 5.65. The quantitative estimate of drug-likeness (QED) is 0.634. The zero-order chi connectivity index (χ0) is 8.69. The molecule has 0 spiro atoms. The summed E-state index contributed by atoms with van der Waals surface area (Å²) in [6.45, 7) is 6.38. The Morgan fingerprint density at radius 2 is 1.91 bits per heavy atom. The maximum Gasteiger partial charge on any atom is 0.0215 e. The second kappa shape index (κ2) is 6.62. The van der Waals surface area contributed by atoms with Crippen LogP contribution in [0.4, 0.5) is 0 Å². The SMILES string of the molecule is CCCC(CN)N(C)CCC. The van der Waals surface area contributed by atoms with E-state index in [1.807, 2.05) is 0 Å². The van der Waals surface area contributed by atoms with E-state index < -0.39 is 0 Å². The molecule has 0 radical (unpaired) electrons. The first-order valence-corrected chi connectivity index (χ1v) is 4.66. The predicted octanol–water partition coefficient (Wildman–Crippen LogP) is 1.46. The first-order valence-electron chi connectivity index (χ1n) is 4.66. The van der Waals surface area contributed by atoms with Gasteiger partial charge in [0.05, 0.1) is 0 Å². The average molecular weight is 158 g/mol. The third-order valence-electron chi connectivity index (χ3n) is 2.09. The molecule has 68 valence electrons. The number of nitrogens with zero attached hydrogens (tertiary/aromatic N) is 1. The minimum Gasteiger partial charge on any atom is -0.329 e. The van der Waals surface area contributed by atoms with Crippen molar-refractivity contribution in [1.82, 2.24) is 4.90 Å². The fourth-order valence-corrected chi connectivity index (χ4v) is 1.39. The van der Waals surface area contributed by atoms with Crippen LogP contribution in [0.2, 0.25) is 0 Å². The van der Waals surface area contributed by atoms with Crippen molar-refractivity contribution in [3.8, 4) is 0 Å². The van der Waals surface area contributed by atoms with Gasteiger partial charge in [-0.15, -0.1) is 0 Å². The third-order valence-corrected chi connectivity index (χ3v) is 2.09. The summed E-state index contributed by atoms with van der Waals surface area (Å²) in [7, 11) is 2.16. The molecule has 0 aliphatic rings. The molecular formula is C9H22N2. The van der Waals surface area contributed by atoms with E-state index in [9.17, 15) is 0 Å². The molecule has 0 saturated carbocycles. The van der Waals surface area contributed by atoms with Crippen LogP contribution < -0.4 is 5.73 Å². The molecule has 1 atom stereocenters. The zero-order valence-corrected chi connectivity index (χ0v) is 8.14. The number of likely N-dealkylation sites (N-methyl/N-ethyl adjacent to an activating group) is 1. The lowest BCUT2D eigenvalue weighted by atomic mass is 10.1. The Morgan fingerprint density at radius 3 is 2.27 bits per heavy atom. The monoisotopic (exact) mass is 158 g/mol. The summed E-state index contributed by atoms with van der Waals surface area (Å²) in [5.41, 5.74) is 5.65. The van der Waals surface area contributed by atoms with Crippen LogP contribution in [0.1, 0.15) is 33.1 Å². The predicted molar refractivity (Wildman–Crippen MR) is 50.7 cm³/mol. The van der Waals surface area contributed by atoms with Crippen molar-refractivity contribution in [2.45, 2.75) is 39.2 Å². The van der Waals surface area contributed by atoms with Crippen molar-refractivity contribution in [1.29, 1.82) is 0 Å². The van der Waals surface area contributed by atoms with Crippen molar-refractivity contribution in [2.24, 2.45) is 5.73 Å². The van der Waals surface area contributed by atoms with E-state index in [1.165, 1.54) is 25.8 Å². The number of hydrogen-bond acceptors (Lipinski definition) is 2. The largest absolute Gasteiger partial charge is 0.329 e. The number of rotatable bonds is 6. The third kappa shape index (κ3) is 4.38. The Kier molecular flexibility index (Phi) is 6.57. The van der Waals surface area contributed by atoms with Gasteiger partial charge in [-0.05, 0) is 26.4 Å². The highest BCUT2D eigenvalue weighted by Crippen LogP contribution is 2.03. The highest BCUT2D eigenvalue weighted by Gasteiger charge is 2.09. The molecule has 0 amide bonds. The van der Waals surface area contributed by atoms with Gasteiger partial charge in [-0.1, -0.05) is 20.3 Å². The van der Waals surface area contributed by atoms with E-state index in [1.54, 1.807) is 0 Å². The lowest BCUT2D eigenvalue weighted by Gasteiger charge is -2.25. The highest BCUT2D eigenvalue weighted by molar-refractivity contribution is 4.68. The van der Waals surface area contributed by atoms with Crippen molar-refractivity contribution >= 4 is 0 Å². The Hall–Kier alpha value is -0.0800. The summed E-state index contributed by atoms with van der Waals surface area (Å²) in [5.74, 6) is 0. The standard InChI is InChI=1S/C9H22N2/c1-4-6-9(8-10)11(3)7-5-2/h9H,4-8,10H2,1-3H3. The maximum absolute atomic E-state index is 5.65. The molecule has 11 heavy (non-hydrogen) atoms. The van der Waals surface area contributed by atoms with E-state index in [0.717, 1.165) is 6.54 Å². The molecular weight excluding hydrogens is 136 g/mol. The first-order chi connectivity index (χ1) is 5.26. The van der Waals surface area contributed by atoms with E-state index in [0.29, 0.717) is 6.04 Å². The lowest BCUT2D eigenvalue weighted by Crippen LogP contribution is -2.38. The molecule has 0 fully saturated rings. The van der Waals surface area contributed by atoms with Crippen LogP contribution in [0.5, 0.6) is 0 Å². The molecule has 0 aromatic carbocycles. The fraction of sp³-hybridized carbons (Fsp3) is 1.00. The second-order valence-corrected chi connectivity index (χ2v) is 3.16. The van der Waals surface area contributed by atoms with Crippen LogP contribution in [0.3, 0.4) is 0 Å². The van der Waals surface area contributed by atoms with Crippen molar-refractivity contribution in [3.05, 3.63) is 0 Å². The minimum absolute atomic E-state index is 0.597. The van der Waals surface area contributed by atoms with E-state index in [4.69, 9.17) is 5.73 Å². The molecule has 2 N–H and O–H groups in total. The van der Waals surface area contributed by atoms with Crippen LogP contribution in [-0.2, 0) is 0 Å². The summed E-state index contributed by atoms with van der Waals surface area (Å²) < 4.78 is 0. The lowest BCUT2D eigenvalue weighted by molar-refractivity contribution is 0.234. The van der Waals surface area contributed by atoms with E-state index in [2.05, 4.69) is 25.8 Å². The van der Waals surface area contributed by atoms with Gasteiger partial charge in [0.1, 0.15) is 0 Å². The molecule has 0 aliphatic heterocycles. The number of nitrogens with two attached hydrogens (primary N) is 1. The summed E-state index contributed by atoms with van der Waals surface area (Å²) in [4.78, 5) is 2.36. The van der Waals surface area contributed by atoms with Crippen LogP contribution in [0.25, 0.3) is 0 Å². The fourth-order valence-electron chi connectivity index (χ4n) is 1.39. The summed E-state index contributed by atoms with van der Waals surface area (Å²) in [6, 6.07) is 0.597. The van der Waals surface area contributed by atoms with Crippen LogP contribution in [0.15, 0.2) is 0 Å². The molecule has 0 aliphatic carbocycles. The van der Waals surface area contributed by atoms with Crippen molar-refractivity contribution in [3.63, 3.8) is 0 Å². The normalized spacial score (nSPS) is 13.9. The molecule has 0 bridgehead atoms. The molecule has 0 rings (SSSR count).